The lowest BCUT2D eigenvalue weighted by Gasteiger charge is -2.38. The van der Waals surface area contributed by atoms with Gasteiger partial charge in [0, 0.05) is 13.1 Å². The van der Waals surface area contributed by atoms with Gasteiger partial charge in [-0.15, -0.1) is 0 Å². The first-order valence-corrected chi connectivity index (χ1v) is 7.59. The van der Waals surface area contributed by atoms with Crippen LogP contribution in [0.1, 0.15) is 49.8 Å². The number of hydrogen-bond acceptors (Lipinski definition) is 4. The molecule has 122 valence electrons. The highest BCUT2D eigenvalue weighted by molar-refractivity contribution is 5.94. The summed E-state index contributed by atoms with van der Waals surface area (Å²) in [5, 5.41) is 4.46. The molecule has 2 rings (SSSR count). The van der Waals surface area contributed by atoms with Crippen LogP contribution in [-0.4, -0.2) is 51.8 Å². The summed E-state index contributed by atoms with van der Waals surface area (Å²) in [4.78, 5) is 25.9. The number of hydrogen-bond donors (Lipinski definition) is 1. The first kappa shape index (κ1) is 16.5. The fraction of sp³-hybridized carbons (Fsp3) is 0.667. The van der Waals surface area contributed by atoms with Gasteiger partial charge in [0.1, 0.15) is 5.69 Å². The van der Waals surface area contributed by atoms with Crippen LogP contribution < -0.4 is 5.73 Å². The molecule has 1 saturated heterocycles. The molecule has 7 heteroatoms. The van der Waals surface area contributed by atoms with Crippen molar-refractivity contribution in [3.63, 3.8) is 0 Å². The number of nitrogens with two attached hydrogens (primary N) is 1. The fourth-order valence-corrected chi connectivity index (χ4v) is 2.49. The van der Waals surface area contributed by atoms with Crippen LogP contribution in [0.25, 0.3) is 0 Å². The molecule has 7 nitrogen and oxygen atoms in total. The van der Waals surface area contributed by atoms with Crippen molar-refractivity contribution >= 4 is 11.8 Å². The third kappa shape index (κ3) is 2.99. The van der Waals surface area contributed by atoms with E-state index >= 15 is 0 Å². The van der Waals surface area contributed by atoms with E-state index < -0.39 is 11.5 Å². The van der Waals surface area contributed by atoms with Crippen molar-refractivity contribution in [2.24, 2.45) is 5.73 Å². The predicted octanol–water partition coefficient (Wildman–Crippen LogP) is 0.743. The molecule has 0 aromatic carbocycles. The molecule has 0 bridgehead atoms. The molecule has 2 N–H and O–H groups in total. The smallest absolute Gasteiger partial charge is 0.272 e. The van der Waals surface area contributed by atoms with Gasteiger partial charge in [0.2, 0.25) is 0 Å². The van der Waals surface area contributed by atoms with Crippen molar-refractivity contribution < 1.29 is 14.3 Å². The maximum absolute atomic E-state index is 12.8. The van der Waals surface area contributed by atoms with Gasteiger partial charge in [0.25, 0.3) is 11.8 Å². The molecule has 22 heavy (non-hydrogen) atoms. The Morgan fingerprint density at radius 1 is 1.50 bits per heavy atom. The quantitative estimate of drug-likeness (QED) is 0.888. The normalized spacial score (nSPS) is 22.1. The SMILES string of the molecule is CCn1nc(C(C)C)cc1C(=O)N1CCO[C@@](C)(C(N)=O)C1. The lowest BCUT2D eigenvalue weighted by Crippen LogP contribution is -2.58. The highest BCUT2D eigenvalue weighted by Crippen LogP contribution is 2.21. The topological polar surface area (TPSA) is 90.4 Å². The number of primary amides is 1. The molecule has 1 atom stereocenters. The molecule has 1 aromatic rings. The van der Waals surface area contributed by atoms with Gasteiger partial charge in [-0.05, 0) is 25.8 Å². The number of carbonyl (C=O) groups is 2. The van der Waals surface area contributed by atoms with E-state index in [-0.39, 0.29) is 18.4 Å². The lowest BCUT2D eigenvalue weighted by atomic mass is 10.0. The van der Waals surface area contributed by atoms with Crippen molar-refractivity contribution in [2.75, 3.05) is 19.7 Å². The number of morpholine rings is 1. The third-order valence-corrected chi connectivity index (χ3v) is 3.99. The predicted molar refractivity (Wildman–Crippen MR) is 81.4 cm³/mol. The Morgan fingerprint density at radius 2 is 2.18 bits per heavy atom. The van der Waals surface area contributed by atoms with Crippen LogP contribution in [0, 0.1) is 0 Å². The average molecular weight is 308 g/mol. The van der Waals surface area contributed by atoms with E-state index in [1.54, 1.807) is 16.5 Å². The monoisotopic (exact) mass is 308 g/mol. The third-order valence-electron chi connectivity index (χ3n) is 3.99. The fourth-order valence-electron chi connectivity index (χ4n) is 2.49. The number of amides is 2. The van der Waals surface area contributed by atoms with Gasteiger partial charge in [0.15, 0.2) is 5.60 Å². The summed E-state index contributed by atoms with van der Waals surface area (Å²) in [6.45, 7) is 9.14. The van der Waals surface area contributed by atoms with Crippen molar-refractivity contribution in [3.8, 4) is 0 Å². The largest absolute Gasteiger partial charge is 0.367 e. The van der Waals surface area contributed by atoms with Crippen LogP contribution in [0.15, 0.2) is 6.07 Å². The summed E-state index contributed by atoms with van der Waals surface area (Å²) < 4.78 is 7.16. The molecule has 0 saturated carbocycles. The number of aromatic nitrogens is 2. The Kier molecular flexibility index (Phi) is 4.55. The summed E-state index contributed by atoms with van der Waals surface area (Å²) in [5.74, 6) is -0.450. The Balaban J connectivity index is 2.26. The summed E-state index contributed by atoms with van der Waals surface area (Å²) in [7, 11) is 0. The lowest BCUT2D eigenvalue weighted by molar-refractivity contribution is -0.150. The van der Waals surface area contributed by atoms with Gasteiger partial charge < -0.3 is 15.4 Å². The number of carbonyl (C=O) groups excluding carboxylic acids is 2. The molecule has 1 aliphatic rings. The molecule has 2 amide bonds. The van der Waals surface area contributed by atoms with Crippen LogP contribution in [0.3, 0.4) is 0 Å². The average Bonchev–Trinajstić information content (AvgIpc) is 2.90. The molecule has 1 fully saturated rings. The first-order valence-electron chi connectivity index (χ1n) is 7.59. The van der Waals surface area contributed by atoms with Gasteiger partial charge in [-0.2, -0.15) is 5.10 Å². The van der Waals surface area contributed by atoms with Crippen LogP contribution in [0.5, 0.6) is 0 Å². The molecule has 1 aromatic heterocycles. The van der Waals surface area contributed by atoms with E-state index in [2.05, 4.69) is 5.10 Å². The standard InChI is InChI=1S/C15H24N4O3/c1-5-19-12(8-11(17-19)10(2)3)13(20)18-6-7-22-15(4,9-18)14(16)21/h8,10H,5-7,9H2,1-4H3,(H2,16,21)/t15-/m1/s1. The second-order valence-electron chi connectivity index (χ2n) is 6.10. The summed E-state index contributed by atoms with van der Waals surface area (Å²) >= 11 is 0. The van der Waals surface area contributed by atoms with Crippen LogP contribution in [-0.2, 0) is 16.1 Å². The summed E-state index contributed by atoms with van der Waals surface area (Å²) in [6.07, 6.45) is 0. The van der Waals surface area contributed by atoms with E-state index in [0.29, 0.717) is 25.4 Å². The minimum Gasteiger partial charge on any atom is -0.367 e. The maximum atomic E-state index is 12.8. The molecular formula is C15H24N4O3. The van der Waals surface area contributed by atoms with Crippen molar-refractivity contribution in [1.82, 2.24) is 14.7 Å². The Labute approximate surface area is 130 Å². The zero-order valence-corrected chi connectivity index (χ0v) is 13.6. The Bertz CT molecular complexity index is 581. The summed E-state index contributed by atoms with van der Waals surface area (Å²) in [6, 6.07) is 1.83. The number of nitrogens with zero attached hydrogens (tertiary/aromatic N) is 3. The van der Waals surface area contributed by atoms with Crippen molar-refractivity contribution in [1.29, 1.82) is 0 Å². The molecule has 0 aliphatic carbocycles. The van der Waals surface area contributed by atoms with E-state index in [9.17, 15) is 9.59 Å². The van der Waals surface area contributed by atoms with E-state index in [4.69, 9.17) is 10.5 Å². The second kappa shape index (κ2) is 6.08. The second-order valence-corrected chi connectivity index (χ2v) is 6.10. The molecular weight excluding hydrogens is 284 g/mol. The molecule has 1 aliphatic heterocycles. The number of ether oxygens (including phenoxy) is 1. The Hall–Kier alpha value is -1.89. The van der Waals surface area contributed by atoms with E-state index in [1.807, 2.05) is 26.8 Å². The van der Waals surface area contributed by atoms with Gasteiger partial charge in [-0.3, -0.25) is 14.3 Å². The van der Waals surface area contributed by atoms with Gasteiger partial charge in [0.05, 0.1) is 18.8 Å². The van der Waals surface area contributed by atoms with Gasteiger partial charge >= 0.3 is 0 Å². The number of rotatable bonds is 4. The number of aryl methyl sites for hydroxylation is 1. The first-order chi connectivity index (χ1) is 10.3. The van der Waals surface area contributed by atoms with E-state index in [1.165, 1.54) is 0 Å². The highest BCUT2D eigenvalue weighted by Gasteiger charge is 2.40. The van der Waals surface area contributed by atoms with Crippen molar-refractivity contribution in [2.45, 2.75) is 45.8 Å². The van der Waals surface area contributed by atoms with Crippen molar-refractivity contribution in [3.05, 3.63) is 17.5 Å². The minimum absolute atomic E-state index is 0.142. The van der Waals surface area contributed by atoms with Crippen LogP contribution >= 0.6 is 0 Å². The molecule has 2 heterocycles. The van der Waals surface area contributed by atoms with Crippen LogP contribution in [0.2, 0.25) is 0 Å². The zero-order valence-electron chi connectivity index (χ0n) is 13.6. The minimum atomic E-state index is -1.13. The molecule has 0 radical (unpaired) electrons. The zero-order chi connectivity index (χ0) is 16.5. The molecule has 0 unspecified atom stereocenters. The summed E-state index contributed by atoms with van der Waals surface area (Å²) in [5.41, 5.74) is 5.68. The Morgan fingerprint density at radius 3 is 2.73 bits per heavy atom. The van der Waals surface area contributed by atoms with Gasteiger partial charge in [-0.25, -0.2) is 0 Å². The van der Waals surface area contributed by atoms with E-state index in [0.717, 1.165) is 5.69 Å². The highest BCUT2D eigenvalue weighted by atomic mass is 16.5. The molecule has 0 spiro atoms. The van der Waals surface area contributed by atoms with Crippen LogP contribution in [0.4, 0.5) is 0 Å². The van der Waals surface area contributed by atoms with Gasteiger partial charge in [-0.1, -0.05) is 13.8 Å². The maximum Gasteiger partial charge on any atom is 0.272 e.